The first-order valence-electron chi connectivity index (χ1n) is 10.3. The second-order valence-corrected chi connectivity index (χ2v) is 9.18. The molecule has 1 fully saturated rings. The Balaban J connectivity index is 1.67. The summed E-state index contributed by atoms with van der Waals surface area (Å²) in [4.78, 5) is 33.3. The number of fused-ring (bicyclic) bond motifs is 1. The second-order valence-electron chi connectivity index (χ2n) is 7.85. The molecule has 0 amide bonds. The molecular weight excluding hydrogens is 467 g/mol. The molecule has 4 heterocycles. The molecule has 4 aromatic rings. The number of thiazole rings is 1. The first kappa shape index (κ1) is 21.9. The van der Waals surface area contributed by atoms with E-state index in [1.807, 2.05) is 17.2 Å². The lowest BCUT2D eigenvalue weighted by Gasteiger charge is -2.32. The molecule has 1 aliphatic rings. The van der Waals surface area contributed by atoms with E-state index >= 15 is 0 Å². The number of halogens is 2. The van der Waals surface area contributed by atoms with Crippen LogP contribution in [0.25, 0.3) is 22.3 Å². The summed E-state index contributed by atoms with van der Waals surface area (Å²) >= 11 is 7.49. The number of aromatic nitrogens is 5. The molecule has 0 bridgehead atoms. The van der Waals surface area contributed by atoms with Crippen LogP contribution in [0.4, 0.5) is 10.3 Å². The average molecular weight is 487 g/mol. The predicted octanol–water partition coefficient (Wildman–Crippen LogP) is 3.83. The molecule has 1 unspecified atom stereocenters. The summed E-state index contributed by atoms with van der Waals surface area (Å²) in [5.74, 6) is 0.243. The third kappa shape index (κ3) is 3.98. The van der Waals surface area contributed by atoms with E-state index in [1.54, 1.807) is 20.0 Å². The minimum absolute atomic E-state index is 0.130. The highest BCUT2D eigenvalue weighted by atomic mass is 35.5. The first-order chi connectivity index (χ1) is 15.8. The molecule has 0 aliphatic carbocycles. The number of hydrogen-bond acceptors (Lipinski definition) is 8. The van der Waals surface area contributed by atoms with E-state index in [1.165, 1.54) is 28.0 Å². The molecule has 1 atom stereocenters. The second kappa shape index (κ2) is 8.44. The molecule has 3 aromatic heterocycles. The van der Waals surface area contributed by atoms with Gasteiger partial charge in [-0.15, -0.1) is 11.3 Å². The number of benzene rings is 1. The molecular formula is C22H20ClFN6O2S. The average Bonchev–Trinajstić information content (AvgIpc) is 3.24. The van der Waals surface area contributed by atoms with Gasteiger partial charge in [-0.05, 0) is 32.0 Å². The van der Waals surface area contributed by atoms with Crippen molar-refractivity contribution >= 4 is 39.9 Å². The predicted molar refractivity (Wildman–Crippen MR) is 125 cm³/mol. The topological polar surface area (TPSA) is 86.0 Å². The van der Waals surface area contributed by atoms with Crippen LogP contribution in [0, 0.1) is 19.7 Å². The lowest BCUT2D eigenvalue weighted by Crippen LogP contribution is -2.39. The van der Waals surface area contributed by atoms with Crippen molar-refractivity contribution in [3.8, 4) is 11.3 Å². The van der Waals surface area contributed by atoms with Crippen molar-refractivity contribution in [3.63, 3.8) is 0 Å². The molecule has 33 heavy (non-hydrogen) atoms. The van der Waals surface area contributed by atoms with Gasteiger partial charge >= 0.3 is 0 Å². The van der Waals surface area contributed by atoms with E-state index in [0.29, 0.717) is 31.5 Å². The highest BCUT2D eigenvalue weighted by Gasteiger charge is 2.28. The van der Waals surface area contributed by atoms with E-state index in [2.05, 4.69) is 19.9 Å². The van der Waals surface area contributed by atoms with Gasteiger partial charge < -0.3 is 9.64 Å². The molecule has 1 saturated heterocycles. The Labute approximate surface area is 197 Å². The molecule has 5 rings (SSSR count). The normalized spacial score (nSPS) is 16.5. The maximum Gasteiger partial charge on any atom is 0.279 e. The van der Waals surface area contributed by atoms with E-state index in [0.717, 1.165) is 10.7 Å². The molecule has 1 aromatic carbocycles. The molecule has 0 saturated carbocycles. The number of nitrogens with zero attached hydrogens (tertiary/aromatic N) is 6. The summed E-state index contributed by atoms with van der Waals surface area (Å²) < 4.78 is 22.2. The SMILES string of the molecule is Cc1csc(C2CN(c3nc(-c4ccc(Cl)cc4F)c4nc(C)n(C)c(=O)c4n3)CCO2)n1. The smallest absolute Gasteiger partial charge is 0.279 e. The largest absolute Gasteiger partial charge is 0.367 e. The third-order valence-corrected chi connectivity index (χ3v) is 6.88. The van der Waals surface area contributed by atoms with Gasteiger partial charge in [-0.1, -0.05) is 11.6 Å². The fourth-order valence-corrected chi connectivity index (χ4v) is 4.75. The summed E-state index contributed by atoms with van der Waals surface area (Å²) in [6.45, 7) is 5.07. The Hall–Kier alpha value is -2.95. The molecule has 0 spiro atoms. The molecule has 8 nitrogen and oxygen atoms in total. The van der Waals surface area contributed by atoms with E-state index in [9.17, 15) is 9.18 Å². The lowest BCUT2D eigenvalue weighted by molar-refractivity contribution is 0.0390. The van der Waals surface area contributed by atoms with Crippen molar-refractivity contribution in [2.24, 2.45) is 7.05 Å². The Morgan fingerprint density at radius 3 is 2.73 bits per heavy atom. The van der Waals surface area contributed by atoms with Gasteiger partial charge in [-0.3, -0.25) is 9.36 Å². The molecule has 0 radical (unpaired) electrons. The summed E-state index contributed by atoms with van der Waals surface area (Å²) in [6.07, 6.45) is -0.244. The Morgan fingerprint density at radius 2 is 2.00 bits per heavy atom. The van der Waals surface area contributed by atoms with Gasteiger partial charge in [0.05, 0.1) is 13.2 Å². The van der Waals surface area contributed by atoms with Crippen LogP contribution in [0.3, 0.4) is 0 Å². The Morgan fingerprint density at radius 1 is 1.18 bits per heavy atom. The van der Waals surface area contributed by atoms with Crippen LogP contribution in [0.2, 0.25) is 5.02 Å². The maximum absolute atomic E-state index is 14.9. The summed E-state index contributed by atoms with van der Waals surface area (Å²) in [6, 6.07) is 4.34. The van der Waals surface area contributed by atoms with Gasteiger partial charge in [0, 0.05) is 35.3 Å². The van der Waals surface area contributed by atoms with Crippen molar-refractivity contribution in [1.82, 2.24) is 24.5 Å². The highest BCUT2D eigenvalue weighted by molar-refractivity contribution is 7.09. The van der Waals surface area contributed by atoms with Crippen LogP contribution >= 0.6 is 22.9 Å². The minimum Gasteiger partial charge on any atom is -0.367 e. The zero-order chi connectivity index (χ0) is 23.3. The van der Waals surface area contributed by atoms with E-state index in [4.69, 9.17) is 16.3 Å². The first-order valence-corrected chi connectivity index (χ1v) is 11.6. The molecule has 11 heteroatoms. The van der Waals surface area contributed by atoms with Crippen LogP contribution in [-0.4, -0.2) is 44.2 Å². The Bertz CT molecular complexity index is 1440. The summed E-state index contributed by atoms with van der Waals surface area (Å²) in [7, 11) is 1.63. The Kier molecular flexibility index (Phi) is 5.59. The van der Waals surface area contributed by atoms with Crippen LogP contribution in [-0.2, 0) is 11.8 Å². The molecule has 1 aliphatic heterocycles. The number of hydrogen-bond donors (Lipinski definition) is 0. The maximum atomic E-state index is 14.9. The number of rotatable bonds is 3. The van der Waals surface area contributed by atoms with Gasteiger partial charge in [0.15, 0.2) is 5.52 Å². The van der Waals surface area contributed by atoms with Crippen molar-refractivity contribution < 1.29 is 9.13 Å². The standard InChI is InChI=1S/C22H20ClFN6O2S/c1-11-10-33-20(25-11)16-9-30(6-7-32-16)22-27-17(14-5-4-13(23)8-15(14)24)18-19(28-22)21(31)29(3)12(2)26-18/h4-5,8,10,16H,6-7,9H2,1-3H3. The van der Waals surface area contributed by atoms with Crippen LogP contribution in [0.15, 0.2) is 28.4 Å². The van der Waals surface area contributed by atoms with E-state index in [-0.39, 0.29) is 39.0 Å². The van der Waals surface area contributed by atoms with Crippen molar-refractivity contribution in [2.45, 2.75) is 20.0 Å². The third-order valence-electron chi connectivity index (χ3n) is 5.59. The summed E-state index contributed by atoms with van der Waals surface area (Å²) in [5, 5.41) is 3.11. The minimum atomic E-state index is -0.549. The zero-order valence-corrected chi connectivity index (χ0v) is 19.7. The van der Waals surface area contributed by atoms with Crippen molar-refractivity contribution in [1.29, 1.82) is 0 Å². The van der Waals surface area contributed by atoms with Gasteiger partial charge in [0.1, 0.15) is 34.0 Å². The van der Waals surface area contributed by atoms with E-state index < -0.39 is 5.82 Å². The van der Waals surface area contributed by atoms with Gasteiger partial charge in [-0.25, -0.2) is 24.3 Å². The van der Waals surface area contributed by atoms with Crippen LogP contribution in [0.5, 0.6) is 0 Å². The zero-order valence-electron chi connectivity index (χ0n) is 18.2. The van der Waals surface area contributed by atoms with Crippen molar-refractivity contribution in [2.75, 3.05) is 24.6 Å². The van der Waals surface area contributed by atoms with Gasteiger partial charge in [0.25, 0.3) is 5.56 Å². The fourth-order valence-electron chi connectivity index (χ4n) is 3.75. The number of morpholine rings is 1. The van der Waals surface area contributed by atoms with Crippen molar-refractivity contribution in [3.05, 3.63) is 61.3 Å². The fraction of sp³-hybridized carbons (Fsp3) is 0.318. The lowest BCUT2D eigenvalue weighted by atomic mass is 10.1. The monoisotopic (exact) mass is 486 g/mol. The molecule has 0 N–H and O–H groups in total. The quantitative estimate of drug-likeness (QED) is 0.435. The number of ether oxygens (including phenoxy) is 1. The molecule has 170 valence electrons. The van der Waals surface area contributed by atoms with Crippen LogP contribution < -0.4 is 10.5 Å². The van der Waals surface area contributed by atoms with Gasteiger partial charge in [-0.2, -0.15) is 0 Å². The highest BCUT2D eigenvalue weighted by Crippen LogP contribution is 2.32. The number of anilines is 1. The number of aryl methyl sites for hydroxylation is 2. The summed E-state index contributed by atoms with van der Waals surface area (Å²) in [5.41, 5.74) is 1.44. The van der Waals surface area contributed by atoms with Gasteiger partial charge in [0.2, 0.25) is 5.95 Å². The van der Waals surface area contributed by atoms with Crippen LogP contribution in [0.1, 0.15) is 22.6 Å².